The normalized spacial score (nSPS) is 23.7. The van der Waals surface area contributed by atoms with E-state index in [1.165, 1.54) is 32.1 Å². The van der Waals surface area contributed by atoms with E-state index >= 15 is 0 Å². The number of amides is 1. The largest absolute Gasteiger partial charge is 0.343 e. The Bertz CT molecular complexity index is 309. The van der Waals surface area contributed by atoms with Gasteiger partial charge in [-0.15, -0.1) is 0 Å². The highest BCUT2D eigenvalue weighted by atomic mass is 16.2. The minimum Gasteiger partial charge on any atom is -0.343 e. The number of ketones is 1. The quantitative estimate of drug-likeness (QED) is 0.768. The first-order valence-electron chi connectivity index (χ1n) is 7.97. The highest BCUT2D eigenvalue weighted by molar-refractivity contribution is 5.81. The molecule has 0 heterocycles. The molecule has 1 amide bonds. The fourth-order valence-electron chi connectivity index (χ4n) is 3.48. The first kappa shape index (κ1) is 14.5. The predicted molar refractivity (Wildman–Crippen MR) is 75.8 cm³/mol. The molecule has 19 heavy (non-hydrogen) atoms. The Morgan fingerprint density at radius 1 is 0.947 bits per heavy atom. The summed E-state index contributed by atoms with van der Waals surface area (Å²) in [6, 6.07) is 0.302. The summed E-state index contributed by atoms with van der Waals surface area (Å²) in [7, 11) is 1.95. The second-order valence-electron chi connectivity index (χ2n) is 6.26. The SMILES string of the molecule is CN(C(=O)C1CCCCCCC1)C1CCC(=O)CC1. The van der Waals surface area contributed by atoms with Crippen LogP contribution in [-0.4, -0.2) is 29.7 Å². The van der Waals surface area contributed by atoms with E-state index in [2.05, 4.69) is 0 Å². The van der Waals surface area contributed by atoms with Crippen LogP contribution in [0.4, 0.5) is 0 Å². The van der Waals surface area contributed by atoms with Gasteiger partial charge in [0.15, 0.2) is 0 Å². The topological polar surface area (TPSA) is 37.4 Å². The molecule has 0 radical (unpaired) electrons. The van der Waals surface area contributed by atoms with Gasteiger partial charge in [0.2, 0.25) is 5.91 Å². The molecule has 0 aromatic heterocycles. The van der Waals surface area contributed by atoms with Gasteiger partial charge in [-0.25, -0.2) is 0 Å². The van der Waals surface area contributed by atoms with Gasteiger partial charge >= 0.3 is 0 Å². The number of nitrogens with zero attached hydrogens (tertiary/aromatic N) is 1. The number of hydrogen-bond donors (Lipinski definition) is 0. The molecular formula is C16H27NO2. The van der Waals surface area contributed by atoms with Gasteiger partial charge in [-0.1, -0.05) is 32.1 Å². The molecule has 2 aliphatic rings. The van der Waals surface area contributed by atoms with Crippen molar-refractivity contribution in [2.75, 3.05) is 7.05 Å². The van der Waals surface area contributed by atoms with Crippen LogP contribution in [0, 0.1) is 5.92 Å². The number of rotatable bonds is 2. The zero-order valence-corrected chi connectivity index (χ0v) is 12.2. The third kappa shape index (κ3) is 4.05. The van der Waals surface area contributed by atoms with E-state index in [0.717, 1.165) is 25.7 Å². The molecular weight excluding hydrogens is 238 g/mol. The van der Waals surface area contributed by atoms with E-state index in [4.69, 9.17) is 0 Å². The van der Waals surface area contributed by atoms with Gasteiger partial charge < -0.3 is 4.90 Å². The van der Waals surface area contributed by atoms with Crippen LogP contribution >= 0.6 is 0 Å². The lowest BCUT2D eigenvalue weighted by molar-refractivity contribution is -0.138. The minimum atomic E-state index is 0.239. The van der Waals surface area contributed by atoms with Gasteiger partial charge in [-0.2, -0.15) is 0 Å². The number of Topliss-reactive ketones (excluding diaryl/α,β-unsaturated/α-hetero) is 1. The predicted octanol–water partition coefficient (Wildman–Crippen LogP) is 3.32. The molecule has 0 aliphatic heterocycles. The van der Waals surface area contributed by atoms with Gasteiger partial charge in [0, 0.05) is 31.8 Å². The lowest BCUT2D eigenvalue weighted by Gasteiger charge is -2.33. The van der Waals surface area contributed by atoms with Crippen LogP contribution in [0.25, 0.3) is 0 Å². The maximum atomic E-state index is 12.6. The second kappa shape index (κ2) is 7.06. The third-order valence-electron chi connectivity index (χ3n) is 4.86. The molecule has 2 saturated carbocycles. The average Bonchev–Trinajstić information content (AvgIpc) is 2.38. The van der Waals surface area contributed by atoms with Crippen molar-refractivity contribution >= 4 is 11.7 Å². The maximum Gasteiger partial charge on any atom is 0.225 e. The third-order valence-corrected chi connectivity index (χ3v) is 4.86. The smallest absolute Gasteiger partial charge is 0.225 e. The molecule has 0 N–H and O–H groups in total. The van der Waals surface area contributed by atoms with Crippen molar-refractivity contribution in [3.05, 3.63) is 0 Å². The van der Waals surface area contributed by atoms with E-state index in [-0.39, 0.29) is 5.92 Å². The summed E-state index contributed by atoms with van der Waals surface area (Å²) < 4.78 is 0. The summed E-state index contributed by atoms with van der Waals surface area (Å²) in [5.41, 5.74) is 0. The fourth-order valence-corrected chi connectivity index (χ4v) is 3.48. The van der Waals surface area contributed by atoms with Gasteiger partial charge in [0.05, 0.1) is 0 Å². The van der Waals surface area contributed by atoms with Crippen LogP contribution < -0.4 is 0 Å². The summed E-state index contributed by atoms with van der Waals surface area (Å²) in [6.07, 6.45) is 11.5. The minimum absolute atomic E-state index is 0.239. The number of carbonyl (C=O) groups is 2. The Hall–Kier alpha value is -0.860. The second-order valence-corrected chi connectivity index (χ2v) is 6.26. The van der Waals surface area contributed by atoms with Crippen molar-refractivity contribution in [3.8, 4) is 0 Å². The molecule has 3 heteroatoms. The van der Waals surface area contributed by atoms with Crippen molar-refractivity contribution in [1.29, 1.82) is 0 Å². The van der Waals surface area contributed by atoms with E-state index < -0.39 is 0 Å². The molecule has 0 bridgehead atoms. The van der Waals surface area contributed by atoms with Crippen LogP contribution in [0.2, 0.25) is 0 Å². The Labute approximate surface area is 116 Å². The van der Waals surface area contributed by atoms with Gasteiger partial charge in [-0.3, -0.25) is 9.59 Å². The summed E-state index contributed by atoms with van der Waals surface area (Å²) in [4.78, 5) is 25.8. The van der Waals surface area contributed by atoms with Crippen molar-refractivity contribution in [3.63, 3.8) is 0 Å². The molecule has 0 saturated heterocycles. The summed E-state index contributed by atoms with van der Waals surface area (Å²) in [5, 5.41) is 0. The van der Waals surface area contributed by atoms with Crippen molar-refractivity contribution in [2.45, 2.75) is 76.7 Å². The first-order valence-corrected chi connectivity index (χ1v) is 7.97. The highest BCUT2D eigenvalue weighted by Crippen LogP contribution is 2.26. The van der Waals surface area contributed by atoms with Crippen LogP contribution in [0.5, 0.6) is 0 Å². The molecule has 2 rings (SSSR count). The Morgan fingerprint density at radius 2 is 1.47 bits per heavy atom. The van der Waals surface area contributed by atoms with Gasteiger partial charge in [0.25, 0.3) is 0 Å². The molecule has 0 aromatic carbocycles. The lowest BCUT2D eigenvalue weighted by Crippen LogP contribution is -2.42. The van der Waals surface area contributed by atoms with Crippen LogP contribution in [0.15, 0.2) is 0 Å². The molecule has 0 aromatic rings. The fraction of sp³-hybridized carbons (Fsp3) is 0.875. The number of carbonyl (C=O) groups excluding carboxylic acids is 2. The Morgan fingerprint density at radius 3 is 2.05 bits per heavy atom. The first-order chi connectivity index (χ1) is 9.18. The number of hydrogen-bond acceptors (Lipinski definition) is 2. The molecule has 0 unspecified atom stereocenters. The van der Waals surface area contributed by atoms with Crippen molar-refractivity contribution in [2.24, 2.45) is 5.92 Å². The zero-order chi connectivity index (χ0) is 13.7. The van der Waals surface area contributed by atoms with Gasteiger partial charge in [0.1, 0.15) is 5.78 Å². The Kier molecular flexibility index (Phi) is 5.41. The molecule has 3 nitrogen and oxygen atoms in total. The highest BCUT2D eigenvalue weighted by Gasteiger charge is 2.29. The van der Waals surface area contributed by atoms with E-state index in [0.29, 0.717) is 30.6 Å². The zero-order valence-electron chi connectivity index (χ0n) is 12.2. The van der Waals surface area contributed by atoms with E-state index in [1.54, 1.807) is 0 Å². The molecule has 0 atom stereocenters. The average molecular weight is 265 g/mol. The van der Waals surface area contributed by atoms with Gasteiger partial charge in [-0.05, 0) is 25.7 Å². The standard InChI is InChI=1S/C16H27NO2/c1-17(14-9-11-15(18)12-10-14)16(19)13-7-5-3-2-4-6-8-13/h13-14H,2-12H2,1H3. The van der Waals surface area contributed by atoms with Crippen LogP contribution in [0.3, 0.4) is 0 Å². The Balaban J connectivity index is 1.87. The summed E-state index contributed by atoms with van der Waals surface area (Å²) in [5.74, 6) is 0.937. The molecule has 2 fully saturated rings. The summed E-state index contributed by atoms with van der Waals surface area (Å²) >= 11 is 0. The van der Waals surface area contributed by atoms with E-state index in [1.807, 2.05) is 11.9 Å². The molecule has 0 spiro atoms. The van der Waals surface area contributed by atoms with Crippen LogP contribution in [-0.2, 0) is 9.59 Å². The summed E-state index contributed by atoms with van der Waals surface area (Å²) in [6.45, 7) is 0. The molecule has 2 aliphatic carbocycles. The molecule has 108 valence electrons. The van der Waals surface area contributed by atoms with Crippen LogP contribution in [0.1, 0.15) is 70.6 Å². The monoisotopic (exact) mass is 265 g/mol. The van der Waals surface area contributed by atoms with E-state index in [9.17, 15) is 9.59 Å². The van der Waals surface area contributed by atoms with Crippen molar-refractivity contribution < 1.29 is 9.59 Å². The maximum absolute atomic E-state index is 12.6. The lowest BCUT2D eigenvalue weighted by atomic mass is 9.88. The van der Waals surface area contributed by atoms with Crippen molar-refractivity contribution in [1.82, 2.24) is 4.90 Å².